The molecule has 0 saturated heterocycles. The van der Waals surface area contributed by atoms with Crippen LogP contribution in [-0.4, -0.2) is 10.9 Å². The number of benzene rings is 2. The summed E-state index contributed by atoms with van der Waals surface area (Å²) in [4.78, 5) is 12.8. The first-order valence-corrected chi connectivity index (χ1v) is 8.70. The minimum atomic E-state index is 0.105. The van der Waals surface area contributed by atoms with E-state index in [0.29, 0.717) is 11.3 Å². The molecule has 2 heteroatoms. The third-order valence-electron chi connectivity index (χ3n) is 5.58. The summed E-state index contributed by atoms with van der Waals surface area (Å²) >= 11 is 0. The summed E-state index contributed by atoms with van der Waals surface area (Å²) in [5.74, 6) is 0.746. The first-order chi connectivity index (χ1) is 11.6. The summed E-state index contributed by atoms with van der Waals surface area (Å²) in [5.41, 5.74) is 5.97. The number of carbonyl (C=O) groups is 1. The molecular formula is C22H22O2. The number of hydrogen-bond donors (Lipinski definition) is 1. The number of aliphatic hydroxyl groups excluding tert-OH is 1. The van der Waals surface area contributed by atoms with Crippen molar-refractivity contribution in [3.63, 3.8) is 0 Å². The Hall–Kier alpha value is -2.35. The molecule has 2 aromatic rings. The minimum absolute atomic E-state index is 0.105. The molecule has 1 N–H and O–H groups in total. The molecule has 0 unspecified atom stereocenters. The van der Waals surface area contributed by atoms with E-state index in [4.69, 9.17) is 0 Å². The van der Waals surface area contributed by atoms with Gasteiger partial charge in [-0.1, -0.05) is 42.5 Å². The van der Waals surface area contributed by atoms with E-state index in [0.717, 1.165) is 41.5 Å². The normalized spacial score (nSPS) is 23.0. The average molecular weight is 318 g/mol. The number of fused-ring (bicyclic) bond motifs is 2. The van der Waals surface area contributed by atoms with Crippen LogP contribution in [0.25, 0.3) is 16.7 Å². The van der Waals surface area contributed by atoms with Gasteiger partial charge in [-0.05, 0) is 60.9 Å². The Morgan fingerprint density at radius 2 is 1.54 bits per heavy atom. The van der Waals surface area contributed by atoms with Crippen molar-refractivity contribution in [3.8, 4) is 11.1 Å². The predicted octanol–water partition coefficient (Wildman–Crippen LogP) is 5.24. The predicted molar refractivity (Wildman–Crippen MR) is 96.7 cm³/mol. The van der Waals surface area contributed by atoms with Gasteiger partial charge in [0, 0.05) is 11.8 Å². The van der Waals surface area contributed by atoms with Crippen LogP contribution in [0, 0.1) is 25.7 Å². The van der Waals surface area contributed by atoms with Crippen LogP contribution in [0.2, 0.25) is 0 Å². The van der Waals surface area contributed by atoms with Gasteiger partial charge in [0.05, 0.1) is 5.57 Å². The van der Waals surface area contributed by atoms with Crippen molar-refractivity contribution in [2.75, 3.05) is 0 Å². The maximum absolute atomic E-state index is 12.8. The van der Waals surface area contributed by atoms with Crippen LogP contribution in [0.15, 0.2) is 48.2 Å². The molecule has 4 rings (SSSR count). The lowest BCUT2D eigenvalue weighted by atomic mass is 9.80. The summed E-state index contributed by atoms with van der Waals surface area (Å²) in [6.07, 6.45) is 2.68. The van der Waals surface area contributed by atoms with Gasteiger partial charge in [0.15, 0.2) is 5.78 Å². The maximum atomic E-state index is 12.8. The second-order valence-corrected chi connectivity index (χ2v) is 7.18. The number of carbonyl (C=O) groups excluding carboxylic acids is 1. The number of aryl methyl sites for hydroxylation is 2. The Morgan fingerprint density at radius 3 is 2.21 bits per heavy atom. The lowest BCUT2D eigenvalue weighted by Gasteiger charge is -2.24. The van der Waals surface area contributed by atoms with Crippen LogP contribution in [0.4, 0.5) is 0 Å². The zero-order valence-corrected chi connectivity index (χ0v) is 14.2. The first kappa shape index (κ1) is 15.2. The molecule has 0 heterocycles. The molecule has 0 amide bonds. The van der Waals surface area contributed by atoms with Crippen LogP contribution >= 0.6 is 0 Å². The number of rotatable bonds is 2. The fraction of sp³-hybridized carbons (Fsp3) is 0.318. The van der Waals surface area contributed by atoms with E-state index in [1.54, 1.807) is 0 Å². The Kier molecular flexibility index (Phi) is 3.56. The smallest absolute Gasteiger partial charge is 0.169 e. The fourth-order valence-electron chi connectivity index (χ4n) is 4.41. The van der Waals surface area contributed by atoms with Gasteiger partial charge in [-0.3, -0.25) is 4.79 Å². The average Bonchev–Trinajstić information content (AvgIpc) is 3.03. The van der Waals surface area contributed by atoms with E-state index in [-0.39, 0.29) is 17.6 Å². The number of allylic oxidation sites excluding steroid dienone is 2. The highest BCUT2D eigenvalue weighted by Gasteiger charge is 2.41. The van der Waals surface area contributed by atoms with E-state index >= 15 is 0 Å². The Morgan fingerprint density at radius 1 is 0.917 bits per heavy atom. The summed E-state index contributed by atoms with van der Waals surface area (Å²) in [6, 6.07) is 14.5. The minimum Gasteiger partial charge on any atom is -0.511 e. The summed E-state index contributed by atoms with van der Waals surface area (Å²) < 4.78 is 0. The number of ketones is 1. The fourth-order valence-corrected chi connectivity index (χ4v) is 4.41. The van der Waals surface area contributed by atoms with E-state index in [1.165, 1.54) is 5.56 Å². The maximum Gasteiger partial charge on any atom is 0.169 e. The van der Waals surface area contributed by atoms with Gasteiger partial charge < -0.3 is 5.11 Å². The topological polar surface area (TPSA) is 37.3 Å². The van der Waals surface area contributed by atoms with E-state index in [9.17, 15) is 9.90 Å². The van der Waals surface area contributed by atoms with Gasteiger partial charge in [-0.25, -0.2) is 0 Å². The summed E-state index contributed by atoms with van der Waals surface area (Å²) in [6.45, 7) is 4.08. The molecule has 2 aromatic carbocycles. The molecule has 2 aliphatic carbocycles. The first-order valence-electron chi connectivity index (χ1n) is 8.70. The zero-order valence-electron chi connectivity index (χ0n) is 14.2. The monoisotopic (exact) mass is 318 g/mol. The highest BCUT2D eigenvalue weighted by atomic mass is 16.3. The largest absolute Gasteiger partial charge is 0.511 e. The molecule has 24 heavy (non-hydrogen) atoms. The molecule has 2 aliphatic rings. The van der Waals surface area contributed by atoms with E-state index < -0.39 is 0 Å². The van der Waals surface area contributed by atoms with E-state index in [1.807, 2.05) is 32.0 Å². The van der Waals surface area contributed by atoms with Crippen LogP contribution < -0.4 is 0 Å². The Bertz CT molecular complexity index is 823. The van der Waals surface area contributed by atoms with Crippen molar-refractivity contribution in [3.05, 3.63) is 64.9 Å². The molecule has 0 spiro atoms. The molecule has 0 radical (unpaired) electrons. The van der Waals surface area contributed by atoms with Gasteiger partial charge in [0.1, 0.15) is 5.76 Å². The molecule has 2 bridgehead atoms. The van der Waals surface area contributed by atoms with Crippen molar-refractivity contribution in [1.82, 2.24) is 0 Å². The standard InChI is InChI=1S/C22H22O2/c1-13-10-18(15-6-4-3-5-7-15)11-14(2)19(13)20-21(23)16-8-9-17(12-16)22(20)24/h3-7,10-11,16-17,23H,8-9,12H2,1-2H3/t16-,17+/m0/s1. The number of hydrogen-bond acceptors (Lipinski definition) is 2. The lowest BCUT2D eigenvalue weighted by molar-refractivity contribution is -0.117. The van der Waals surface area contributed by atoms with Crippen LogP contribution in [0.1, 0.15) is 36.0 Å². The highest BCUT2D eigenvalue weighted by Crippen LogP contribution is 2.46. The molecule has 1 saturated carbocycles. The van der Waals surface area contributed by atoms with Crippen LogP contribution in [0.3, 0.4) is 0 Å². The van der Waals surface area contributed by atoms with Gasteiger partial charge in [-0.15, -0.1) is 0 Å². The molecule has 0 aromatic heterocycles. The van der Waals surface area contributed by atoms with Gasteiger partial charge in [-0.2, -0.15) is 0 Å². The molecule has 1 fully saturated rings. The quantitative estimate of drug-likeness (QED) is 0.822. The van der Waals surface area contributed by atoms with Gasteiger partial charge >= 0.3 is 0 Å². The van der Waals surface area contributed by atoms with Crippen LogP contribution in [-0.2, 0) is 4.79 Å². The Labute approximate surface area is 142 Å². The lowest BCUT2D eigenvalue weighted by Crippen LogP contribution is -2.22. The second kappa shape index (κ2) is 5.62. The number of aliphatic hydroxyl groups is 1. The van der Waals surface area contributed by atoms with Crippen molar-refractivity contribution in [1.29, 1.82) is 0 Å². The number of Topliss-reactive ketones (excluding diaryl/α,β-unsaturated/α-hetero) is 1. The summed E-state index contributed by atoms with van der Waals surface area (Å²) in [5, 5.41) is 10.7. The second-order valence-electron chi connectivity index (χ2n) is 7.18. The SMILES string of the molecule is Cc1cc(-c2ccccc2)cc(C)c1C1=C(O)[C@H]2CC[C@H](C2)C1=O. The Balaban J connectivity index is 1.85. The van der Waals surface area contributed by atoms with Crippen LogP contribution in [0.5, 0.6) is 0 Å². The third kappa shape index (κ3) is 2.29. The van der Waals surface area contributed by atoms with Crippen molar-refractivity contribution < 1.29 is 9.90 Å². The summed E-state index contributed by atoms with van der Waals surface area (Å²) in [7, 11) is 0. The third-order valence-corrected chi connectivity index (χ3v) is 5.58. The van der Waals surface area contributed by atoms with Crippen molar-refractivity contribution >= 4 is 11.4 Å². The molecule has 2 nitrogen and oxygen atoms in total. The highest BCUT2D eigenvalue weighted by molar-refractivity contribution is 6.24. The zero-order chi connectivity index (χ0) is 16.8. The van der Waals surface area contributed by atoms with E-state index in [2.05, 4.69) is 24.3 Å². The van der Waals surface area contributed by atoms with Gasteiger partial charge in [0.25, 0.3) is 0 Å². The molecule has 0 aliphatic heterocycles. The van der Waals surface area contributed by atoms with Crippen molar-refractivity contribution in [2.45, 2.75) is 33.1 Å². The molecule has 2 atom stereocenters. The molecular weight excluding hydrogens is 296 g/mol. The molecule has 122 valence electrons. The van der Waals surface area contributed by atoms with Crippen molar-refractivity contribution in [2.24, 2.45) is 11.8 Å². The van der Waals surface area contributed by atoms with Gasteiger partial charge in [0.2, 0.25) is 0 Å².